The number of aliphatic imine (C=N–C) groups is 4. The average molecular weight is 1180 g/mol. The Labute approximate surface area is 492 Å². The quantitative estimate of drug-likeness (QED) is 0.103. The van der Waals surface area contributed by atoms with Crippen molar-refractivity contribution in [3.8, 4) is 23.0 Å². The van der Waals surface area contributed by atoms with Crippen molar-refractivity contribution >= 4 is 24.9 Å². The van der Waals surface area contributed by atoms with Crippen LogP contribution < -0.4 is 0 Å². The minimum Gasteiger partial charge on any atom is -0.507 e. The van der Waals surface area contributed by atoms with Crippen LogP contribution in [0.4, 0.5) is 0 Å². The fraction of sp³-hybridized carbons (Fsp3) is 0.531. The Hall–Kier alpha value is -3.47. The van der Waals surface area contributed by atoms with E-state index in [1.54, 1.807) is 59.1 Å². The van der Waals surface area contributed by atoms with Crippen LogP contribution >= 0.6 is 0 Å². The summed E-state index contributed by atoms with van der Waals surface area (Å²) in [6.45, 7) is 42.8. The van der Waals surface area contributed by atoms with Crippen molar-refractivity contribution in [2.75, 3.05) is 28.2 Å². The van der Waals surface area contributed by atoms with Crippen LogP contribution in [0.25, 0.3) is 0 Å². The summed E-state index contributed by atoms with van der Waals surface area (Å²) in [6.07, 6.45) is 8.94. The molecule has 10 heteroatoms. The Morgan fingerprint density at radius 2 is 0.716 bits per heavy atom. The van der Waals surface area contributed by atoms with Gasteiger partial charge in [-0.1, -0.05) is 163 Å². The molecule has 0 fully saturated rings. The summed E-state index contributed by atoms with van der Waals surface area (Å²) in [5.74, 6) is 2.59. The van der Waals surface area contributed by atoms with Crippen LogP contribution in [0, 0.1) is 33.6 Å². The molecule has 0 aliphatic heterocycles. The van der Waals surface area contributed by atoms with Gasteiger partial charge >= 0.3 is 0 Å². The molecule has 414 valence electrons. The first-order valence-electron chi connectivity index (χ1n) is 24.6. The van der Waals surface area contributed by atoms with Gasteiger partial charge in [0.2, 0.25) is 0 Å². The van der Waals surface area contributed by atoms with Crippen LogP contribution in [0.2, 0.25) is 0 Å². The first-order chi connectivity index (χ1) is 31.4. The van der Waals surface area contributed by atoms with Crippen LogP contribution in [0.3, 0.4) is 0 Å². The summed E-state index contributed by atoms with van der Waals surface area (Å²) >= 11 is 0. The molecule has 0 saturated heterocycles. The van der Waals surface area contributed by atoms with Crippen LogP contribution in [-0.2, 0) is 92.3 Å². The Bertz CT molecular complexity index is 2330. The molecule has 8 nitrogen and oxygen atoms in total. The normalized spacial score (nSPS) is 11.9. The maximum atomic E-state index is 10.4. The van der Waals surface area contributed by atoms with E-state index in [1.807, 2.05) is 25.1 Å². The average Bonchev–Trinajstić information content (AvgIpc) is 3.17. The van der Waals surface area contributed by atoms with E-state index < -0.39 is 0 Å². The molecule has 0 unspecified atom stereocenters. The van der Waals surface area contributed by atoms with Gasteiger partial charge in [0.15, 0.2) is 0 Å². The molecule has 0 radical (unpaired) electrons. The zero-order valence-corrected chi connectivity index (χ0v) is 55.5. The molecule has 0 aliphatic rings. The molecule has 4 aromatic rings. The number of rotatable bonds is 8. The van der Waals surface area contributed by atoms with Crippen molar-refractivity contribution in [2.45, 2.75) is 186 Å². The van der Waals surface area contributed by atoms with Gasteiger partial charge in [0, 0.05) is 144 Å². The van der Waals surface area contributed by atoms with Gasteiger partial charge < -0.3 is 35.3 Å². The van der Waals surface area contributed by atoms with Gasteiger partial charge in [-0.3, -0.25) is 20.0 Å². The number of aryl methyl sites for hydroxylation is 1. The molecular weight excluding hydrogens is 1070 g/mol. The van der Waals surface area contributed by atoms with E-state index in [9.17, 15) is 20.4 Å². The molecule has 0 atom stereocenters. The molecule has 0 amide bonds. The van der Waals surface area contributed by atoms with Crippen molar-refractivity contribution in [1.29, 1.82) is 0 Å². The topological polar surface area (TPSA) is 130 Å². The Kier molecular flexibility index (Phi) is 36.1. The van der Waals surface area contributed by atoms with Gasteiger partial charge in [-0.2, -0.15) is 0 Å². The SMILES string of the molecule is C.CN=Cc1c(O)cc(C)cc1C(C)(C)C.CN=Cc1cc(C(C)(C)C)cc(C(C)(C)C)c1O.CN=Cc1cc(CC(C)C)cc(C(C)(C)C)c1O.CN=Cc1cc(CC(C)C)cc(C(C)(C)C)c1O.[CH3-].[CH3-].[Zr].[Zr]. The number of nitrogens with zero attached hydrogens (tertiary/aromatic N) is 4. The van der Waals surface area contributed by atoms with Gasteiger partial charge in [0.1, 0.15) is 23.0 Å². The summed E-state index contributed by atoms with van der Waals surface area (Å²) in [6, 6.07) is 16.3. The van der Waals surface area contributed by atoms with E-state index >= 15 is 0 Å². The Morgan fingerprint density at radius 1 is 0.419 bits per heavy atom. The zero-order valence-electron chi connectivity index (χ0n) is 50.6. The molecule has 0 saturated carbocycles. The van der Waals surface area contributed by atoms with Crippen molar-refractivity contribution in [2.24, 2.45) is 31.8 Å². The third kappa shape index (κ3) is 25.6. The van der Waals surface area contributed by atoms with Gasteiger partial charge in [0.25, 0.3) is 0 Å². The van der Waals surface area contributed by atoms with Gasteiger partial charge in [-0.15, -0.1) is 0 Å². The van der Waals surface area contributed by atoms with Crippen LogP contribution in [-0.4, -0.2) is 73.5 Å². The number of benzene rings is 4. The summed E-state index contributed by atoms with van der Waals surface area (Å²) in [7, 11) is 6.89. The largest absolute Gasteiger partial charge is 0.507 e. The van der Waals surface area contributed by atoms with E-state index in [-0.39, 0.29) is 102 Å². The van der Waals surface area contributed by atoms with Gasteiger partial charge in [-0.25, -0.2) is 0 Å². The third-order valence-electron chi connectivity index (χ3n) is 11.3. The second kappa shape index (κ2) is 33.6. The number of phenols is 4. The van der Waals surface area contributed by atoms with Crippen molar-refractivity contribution in [3.05, 3.63) is 130 Å². The second-order valence-electron chi connectivity index (χ2n) is 24.4. The predicted molar refractivity (Wildman–Crippen MR) is 321 cm³/mol. The molecule has 0 bridgehead atoms. The molecule has 4 aromatic carbocycles. The van der Waals surface area contributed by atoms with Crippen molar-refractivity contribution in [1.82, 2.24) is 0 Å². The third-order valence-corrected chi connectivity index (χ3v) is 11.3. The summed E-state index contributed by atoms with van der Waals surface area (Å²) in [4.78, 5) is 16.1. The minimum atomic E-state index is -0.0817. The molecule has 0 aromatic heterocycles. The van der Waals surface area contributed by atoms with Crippen molar-refractivity contribution in [3.63, 3.8) is 0 Å². The fourth-order valence-electron chi connectivity index (χ4n) is 7.80. The van der Waals surface area contributed by atoms with E-state index in [0.717, 1.165) is 62.9 Å². The number of phenolic OH excluding ortho intramolecular Hbond substituents is 4. The molecular formula is C64H104N4O4Zr2-2. The fourth-order valence-corrected chi connectivity index (χ4v) is 7.80. The Morgan fingerprint density at radius 3 is 0.986 bits per heavy atom. The number of hydrogen-bond donors (Lipinski definition) is 4. The van der Waals surface area contributed by atoms with Crippen LogP contribution in [0.15, 0.2) is 68.5 Å². The van der Waals surface area contributed by atoms with Crippen LogP contribution in [0.5, 0.6) is 23.0 Å². The predicted octanol–water partition coefficient (Wildman–Crippen LogP) is 16.5. The molecule has 0 heterocycles. The smallest absolute Gasteiger partial charge is 0.128 e. The Balaban J connectivity index is -0.000000280. The second-order valence-corrected chi connectivity index (χ2v) is 24.4. The zero-order chi connectivity index (χ0) is 53.6. The van der Waals surface area contributed by atoms with E-state index in [2.05, 4.69) is 176 Å². The molecule has 74 heavy (non-hydrogen) atoms. The van der Waals surface area contributed by atoms with Gasteiger partial charge in [0.05, 0.1) is 0 Å². The van der Waals surface area contributed by atoms with E-state index in [1.165, 1.54) is 16.7 Å². The molecule has 4 N–H and O–H groups in total. The monoisotopic (exact) mass is 1170 g/mol. The van der Waals surface area contributed by atoms with E-state index in [0.29, 0.717) is 34.8 Å². The standard InChI is InChI=1S/3C16H25NO.C13H19NO.CH4.2CH3.2Zr/c1-15(2,3)12-8-11(10-17-7)14(18)13(9-12)16(4,5)6;2*1-11(2)7-12-8-13(10-17-6)15(18)14(9-12)16(3,4)5;1-9-6-11(13(2,3)4)10(8-14-5)12(15)7-9;;;;;/h8-10,18H,1-7H3;2*8-11,18H,7H2,1-6H3;6-8,15H,1-5H3;1H4;2*1H3;;/q;;;;;2*-1;;. The number of hydrogen-bond acceptors (Lipinski definition) is 8. The first kappa shape index (κ1) is 79.4. The summed E-state index contributed by atoms with van der Waals surface area (Å²) in [5, 5.41) is 40.9. The maximum Gasteiger partial charge on any atom is 0.128 e. The molecule has 4 rings (SSSR count). The number of aromatic hydroxyl groups is 4. The molecule has 0 spiro atoms. The summed E-state index contributed by atoms with van der Waals surface area (Å²) < 4.78 is 0. The minimum absolute atomic E-state index is 0. The maximum absolute atomic E-state index is 10.4. The van der Waals surface area contributed by atoms with Gasteiger partial charge in [-0.05, 0) is 111 Å². The van der Waals surface area contributed by atoms with Crippen molar-refractivity contribution < 1.29 is 72.8 Å². The first-order valence-corrected chi connectivity index (χ1v) is 24.6. The molecule has 0 aliphatic carbocycles. The summed E-state index contributed by atoms with van der Waals surface area (Å²) in [5.41, 5.74) is 12.1. The van der Waals surface area contributed by atoms with E-state index in [4.69, 9.17) is 0 Å². The van der Waals surface area contributed by atoms with Crippen LogP contribution in [0.1, 0.15) is 206 Å².